The fourth-order valence-electron chi connectivity index (χ4n) is 2.52. The summed E-state index contributed by atoms with van der Waals surface area (Å²) in [5.74, 6) is 0.422. The van der Waals surface area contributed by atoms with Gasteiger partial charge in [-0.15, -0.1) is 0 Å². The van der Waals surface area contributed by atoms with Gasteiger partial charge in [0.15, 0.2) is 11.9 Å². The van der Waals surface area contributed by atoms with Crippen molar-refractivity contribution in [3.63, 3.8) is 0 Å². The zero-order valence-electron chi connectivity index (χ0n) is 11.7. The van der Waals surface area contributed by atoms with E-state index in [9.17, 15) is 9.90 Å². The normalized spacial score (nSPS) is 16.3. The molecule has 0 radical (unpaired) electrons. The third kappa shape index (κ3) is 2.59. The first-order valence-corrected chi connectivity index (χ1v) is 7.02. The molecule has 5 nitrogen and oxygen atoms in total. The third-order valence-electron chi connectivity index (χ3n) is 3.54. The third-order valence-corrected chi connectivity index (χ3v) is 3.54. The maximum Gasteiger partial charge on any atom is 0.339 e. The molecule has 1 N–H and O–H groups in total. The Bertz CT molecular complexity index is 660. The second-order valence-electron chi connectivity index (χ2n) is 5.06. The number of hydrogen-bond acceptors (Lipinski definition) is 4. The van der Waals surface area contributed by atoms with Crippen molar-refractivity contribution in [1.29, 1.82) is 0 Å². The van der Waals surface area contributed by atoms with Crippen molar-refractivity contribution in [2.45, 2.75) is 32.3 Å². The van der Waals surface area contributed by atoms with Crippen LogP contribution in [0.1, 0.15) is 46.9 Å². The topological polar surface area (TPSA) is 72.3 Å². The molecule has 1 aliphatic heterocycles. The predicted octanol–water partition coefficient (Wildman–Crippen LogP) is 2.80. The maximum absolute atomic E-state index is 11.2. The molecule has 1 aliphatic rings. The first kappa shape index (κ1) is 13.5. The van der Waals surface area contributed by atoms with Crippen molar-refractivity contribution in [2.75, 3.05) is 0 Å². The molecule has 0 saturated heterocycles. The van der Waals surface area contributed by atoms with Crippen LogP contribution in [-0.2, 0) is 12.8 Å². The van der Waals surface area contributed by atoms with Gasteiger partial charge in [-0.3, -0.25) is 0 Å². The number of rotatable bonds is 4. The summed E-state index contributed by atoms with van der Waals surface area (Å²) in [6, 6.07) is 7.85. The number of fused-ring (bicyclic) bond motifs is 1. The predicted molar refractivity (Wildman–Crippen MR) is 76.5 cm³/mol. The molecule has 108 valence electrons. The van der Waals surface area contributed by atoms with Gasteiger partial charge < -0.3 is 9.84 Å². The van der Waals surface area contributed by atoms with Crippen LogP contribution in [0.4, 0.5) is 0 Å². The summed E-state index contributed by atoms with van der Waals surface area (Å²) >= 11 is 0. The summed E-state index contributed by atoms with van der Waals surface area (Å²) in [7, 11) is 0. The van der Waals surface area contributed by atoms with Gasteiger partial charge in [-0.05, 0) is 18.1 Å². The first-order valence-electron chi connectivity index (χ1n) is 7.02. The number of ether oxygens (including phenoxy) is 1. The standard InChI is InChI=1S/C16H16N2O3/c1-2-5-12-11(16(19)20)9-17-15(18-12)14-8-10-6-3-4-7-13(10)21-14/h3-4,6-7,9,14H,2,5,8H2,1H3,(H,19,20). The van der Waals surface area contributed by atoms with Crippen LogP contribution in [0.15, 0.2) is 30.5 Å². The molecule has 0 amide bonds. The van der Waals surface area contributed by atoms with E-state index in [4.69, 9.17) is 4.74 Å². The fraction of sp³-hybridized carbons (Fsp3) is 0.312. The van der Waals surface area contributed by atoms with Gasteiger partial charge in [-0.25, -0.2) is 14.8 Å². The fourth-order valence-corrected chi connectivity index (χ4v) is 2.52. The Morgan fingerprint density at radius 3 is 2.95 bits per heavy atom. The molecule has 0 bridgehead atoms. The second-order valence-corrected chi connectivity index (χ2v) is 5.06. The Balaban J connectivity index is 1.90. The van der Waals surface area contributed by atoms with Crippen molar-refractivity contribution >= 4 is 5.97 Å². The minimum Gasteiger partial charge on any atom is -0.482 e. The Morgan fingerprint density at radius 1 is 1.43 bits per heavy atom. The molecule has 1 unspecified atom stereocenters. The minimum absolute atomic E-state index is 0.177. The maximum atomic E-state index is 11.2. The highest BCUT2D eigenvalue weighted by Gasteiger charge is 2.27. The molecule has 1 aromatic carbocycles. The number of aryl methyl sites for hydroxylation is 1. The molecule has 0 saturated carbocycles. The Kier molecular flexibility index (Phi) is 3.56. The number of para-hydroxylation sites is 1. The molecule has 5 heteroatoms. The van der Waals surface area contributed by atoms with Gasteiger partial charge in [0, 0.05) is 12.6 Å². The monoisotopic (exact) mass is 284 g/mol. The number of carboxylic acid groups (broad SMARTS) is 1. The summed E-state index contributed by atoms with van der Waals surface area (Å²) in [6.07, 6.45) is 3.33. The minimum atomic E-state index is -0.986. The van der Waals surface area contributed by atoms with Gasteiger partial charge in [0.1, 0.15) is 5.75 Å². The van der Waals surface area contributed by atoms with E-state index in [1.54, 1.807) is 0 Å². The molecule has 2 heterocycles. The number of aromatic carboxylic acids is 1. The summed E-state index contributed by atoms with van der Waals surface area (Å²) in [4.78, 5) is 19.8. The summed E-state index contributed by atoms with van der Waals surface area (Å²) in [5.41, 5.74) is 1.89. The van der Waals surface area contributed by atoms with E-state index in [1.165, 1.54) is 6.20 Å². The van der Waals surface area contributed by atoms with Crippen molar-refractivity contribution in [1.82, 2.24) is 9.97 Å². The molecule has 0 fully saturated rings. The van der Waals surface area contributed by atoms with E-state index in [0.29, 0.717) is 24.4 Å². The number of aromatic nitrogens is 2. The lowest BCUT2D eigenvalue weighted by atomic mass is 10.1. The van der Waals surface area contributed by atoms with Crippen LogP contribution in [0.3, 0.4) is 0 Å². The zero-order valence-corrected chi connectivity index (χ0v) is 11.7. The Hall–Kier alpha value is -2.43. The van der Waals surface area contributed by atoms with Crippen molar-refractivity contribution in [3.05, 3.63) is 53.1 Å². The van der Waals surface area contributed by atoms with Gasteiger partial charge in [-0.2, -0.15) is 0 Å². The second kappa shape index (κ2) is 5.52. The molecule has 3 rings (SSSR count). The van der Waals surface area contributed by atoms with Crippen LogP contribution >= 0.6 is 0 Å². The summed E-state index contributed by atoms with van der Waals surface area (Å²) in [6.45, 7) is 2.00. The van der Waals surface area contributed by atoms with Gasteiger partial charge in [0.05, 0.1) is 11.3 Å². The van der Waals surface area contributed by atoms with Gasteiger partial charge >= 0.3 is 5.97 Å². The highest BCUT2D eigenvalue weighted by Crippen LogP contribution is 2.35. The summed E-state index contributed by atoms with van der Waals surface area (Å²) in [5, 5.41) is 9.18. The lowest BCUT2D eigenvalue weighted by molar-refractivity contribution is 0.0694. The lowest BCUT2D eigenvalue weighted by Crippen LogP contribution is -2.14. The van der Waals surface area contributed by atoms with Gasteiger partial charge in [-0.1, -0.05) is 31.5 Å². The summed E-state index contributed by atoms with van der Waals surface area (Å²) < 4.78 is 5.85. The molecule has 0 spiro atoms. The molecular formula is C16H16N2O3. The average molecular weight is 284 g/mol. The van der Waals surface area contributed by atoms with Crippen LogP contribution in [-0.4, -0.2) is 21.0 Å². The smallest absolute Gasteiger partial charge is 0.339 e. The SMILES string of the molecule is CCCc1nc(C2Cc3ccccc3O2)ncc1C(=O)O. The molecule has 1 atom stereocenters. The van der Waals surface area contributed by atoms with Crippen molar-refractivity contribution in [2.24, 2.45) is 0 Å². The molecule has 21 heavy (non-hydrogen) atoms. The van der Waals surface area contributed by atoms with Crippen molar-refractivity contribution < 1.29 is 14.6 Å². The van der Waals surface area contributed by atoms with Crippen LogP contribution in [0, 0.1) is 0 Å². The van der Waals surface area contributed by atoms with E-state index < -0.39 is 5.97 Å². The van der Waals surface area contributed by atoms with Crippen LogP contribution in [0.2, 0.25) is 0 Å². The highest BCUT2D eigenvalue weighted by molar-refractivity contribution is 5.88. The van der Waals surface area contributed by atoms with E-state index in [0.717, 1.165) is 17.7 Å². The van der Waals surface area contributed by atoms with E-state index in [-0.39, 0.29) is 11.7 Å². The molecule has 0 aliphatic carbocycles. The number of hydrogen-bond donors (Lipinski definition) is 1. The van der Waals surface area contributed by atoms with Gasteiger partial charge in [0.25, 0.3) is 0 Å². The number of carboxylic acids is 1. The van der Waals surface area contributed by atoms with E-state index in [2.05, 4.69) is 9.97 Å². The van der Waals surface area contributed by atoms with Crippen LogP contribution in [0.5, 0.6) is 5.75 Å². The van der Waals surface area contributed by atoms with Crippen LogP contribution in [0.25, 0.3) is 0 Å². The van der Waals surface area contributed by atoms with Crippen molar-refractivity contribution in [3.8, 4) is 5.75 Å². The number of benzene rings is 1. The Labute approximate surface area is 122 Å². The number of nitrogens with zero attached hydrogens (tertiary/aromatic N) is 2. The largest absolute Gasteiger partial charge is 0.482 e. The lowest BCUT2D eigenvalue weighted by Gasteiger charge is -2.11. The highest BCUT2D eigenvalue weighted by atomic mass is 16.5. The van der Waals surface area contributed by atoms with E-state index in [1.807, 2.05) is 31.2 Å². The van der Waals surface area contributed by atoms with Gasteiger partial charge in [0.2, 0.25) is 0 Å². The first-order chi connectivity index (χ1) is 10.2. The molecule has 2 aromatic rings. The molecular weight excluding hydrogens is 268 g/mol. The zero-order chi connectivity index (χ0) is 14.8. The van der Waals surface area contributed by atoms with E-state index >= 15 is 0 Å². The quantitative estimate of drug-likeness (QED) is 0.934. The molecule has 1 aromatic heterocycles. The Morgan fingerprint density at radius 2 is 2.24 bits per heavy atom. The average Bonchev–Trinajstić information content (AvgIpc) is 2.91. The number of carbonyl (C=O) groups is 1. The van der Waals surface area contributed by atoms with Crippen LogP contribution < -0.4 is 4.74 Å².